The van der Waals surface area contributed by atoms with Crippen molar-refractivity contribution in [2.24, 2.45) is 0 Å². The third-order valence-corrected chi connectivity index (χ3v) is 3.61. The molecule has 0 heterocycles. The monoisotopic (exact) mass is 219 g/mol. The molecule has 1 rings (SSSR count). The van der Waals surface area contributed by atoms with E-state index in [1.165, 1.54) is 18.4 Å². The molecular formula is C13H17NS. The van der Waals surface area contributed by atoms with Gasteiger partial charge in [-0.2, -0.15) is 17.0 Å². The van der Waals surface area contributed by atoms with Gasteiger partial charge in [0, 0.05) is 17.4 Å². The Kier molecular flexibility index (Phi) is 5.96. The molecular weight excluding hydrogens is 202 g/mol. The van der Waals surface area contributed by atoms with Gasteiger partial charge in [0.2, 0.25) is 0 Å². The Labute approximate surface area is 96.5 Å². The van der Waals surface area contributed by atoms with Crippen molar-refractivity contribution in [2.75, 3.05) is 5.75 Å². The summed E-state index contributed by atoms with van der Waals surface area (Å²) in [5, 5.41) is 9.08. The van der Waals surface area contributed by atoms with E-state index in [-0.39, 0.29) is 0 Å². The van der Waals surface area contributed by atoms with Gasteiger partial charge < -0.3 is 0 Å². The third kappa shape index (κ3) is 4.40. The number of benzene rings is 1. The number of nitriles is 1. The second kappa shape index (κ2) is 7.36. The van der Waals surface area contributed by atoms with Gasteiger partial charge in [0.15, 0.2) is 0 Å². The van der Waals surface area contributed by atoms with Gasteiger partial charge in [-0.15, -0.1) is 0 Å². The molecule has 1 nitrogen and oxygen atoms in total. The molecule has 1 aromatic rings. The molecule has 0 aromatic heterocycles. The predicted molar refractivity (Wildman–Crippen MR) is 66.8 cm³/mol. The van der Waals surface area contributed by atoms with Crippen LogP contribution in [0.1, 0.15) is 37.0 Å². The van der Waals surface area contributed by atoms with E-state index >= 15 is 0 Å². The van der Waals surface area contributed by atoms with Crippen molar-refractivity contribution in [3.8, 4) is 6.07 Å². The van der Waals surface area contributed by atoms with Crippen molar-refractivity contribution in [3.63, 3.8) is 0 Å². The molecule has 1 aromatic carbocycles. The van der Waals surface area contributed by atoms with Gasteiger partial charge in [-0.3, -0.25) is 0 Å². The first-order valence-corrected chi connectivity index (χ1v) is 6.47. The van der Waals surface area contributed by atoms with Gasteiger partial charge in [0.1, 0.15) is 0 Å². The zero-order valence-corrected chi connectivity index (χ0v) is 9.96. The van der Waals surface area contributed by atoms with Crippen LogP contribution in [0.5, 0.6) is 0 Å². The Bertz CT molecular complexity index is 302. The lowest BCUT2D eigenvalue weighted by molar-refractivity contribution is 0.778. The lowest BCUT2D eigenvalue weighted by atomic mass is 10.1. The highest BCUT2D eigenvalue weighted by Crippen LogP contribution is 2.33. The van der Waals surface area contributed by atoms with E-state index in [2.05, 4.69) is 37.3 Å². The van der Waals surface area contributed by atoms with Crippen molar-refractivity contribution < 1.29 is 0 Å². The highest BCUT2D eigenvalue weighted by atomic mass is 32.2. The largest absolute Gasteiger partial charge is 0.198 e. The minimum Gasteiger partial charge on any atom is -0.198 e. The predicted octanol–water partition coefficient (Wildman–Crippen LogP) is 4.17. The molecule has 2 heteroatoms. The molecule has 0 spiro atoms. The smallest absolute Gasteiger partial charge is 0.0630 e. The van der Waals surface area contributed by atoms with Crippen LogP contribution in [0, 0.1) is 11.3 Å². The van der Waals surface area contributed by atoms with Gasteiger partial charge in [0.05, 0.1) is 6.07 Å². The topological polar surface area (TPSA) is 23.8 Å². The maximum Gasteiger partial charge on any atom is 0.0630 e. The van der Waals surface area contributed by atoms with Gasteiger partial charge in [-0.05, 0) is 12.0 Å². The maximum atomic E-state index is 8.52. The molecule has 0 radical (unpaired) electrons. The summed E-state index contributed by atoms with van der Waals surface area (Å²) >= 11 is 1.90. The number of hydrogen-bond acceptors (Lipinski definition) is 2. The minimum atomic E-state index is 0.560. The zero-order valence-electron chi connectivity index (χ0n) is 9.15. The van der Waals surface area contributed by atoms with E-state index in [0.717, 1.165) is 5.75 Å². The summed E-state index contributed by atoms with van der Waals surface area (Å²) < 4.78 is 0. The quantitative estimate of drug-likeness (QED) is 0.670. The SMILES string of the molecule is CCCC(SCCC#N)c1ccccc1. The van der Waals surface area contributed by atoms with Crippen LogP contribution in [0.2, 0.25) is 0 Å². The first-order valence-electron chi connectivity index (χ1n) is 5.42. The highest BCUT2D eigenvalue weighted by Gasteiger charge is 2.09. The molecule has 0 amide bonds. The van der Waals surface area contributed by atoms with Crippen LogP contribution in [0.15, 0.2) is 30.3 Å². The highest BCUT2D eigenvalue weighted by molar-refractivity contribution is 7.99. The Morgan fingerprint density at radius 1 is 1.33 bits per heavy atom. The standard InChI is InChI=1S/C13H17NS/c1-2-7-13(15-11-6-10-14)12-8-4-3-5-9-12/h3-5,8-9,13H,2,6-7,11H2,1H3. The van der Waals surface area contributed by atoms with Crippen LogP contribution in [0.25, 0.3) is 0 Å². The molecule has 0 bridgehead atoms. The second-order valence-electron chi connectivity index (χ2n) is 3.47. The third-order valence-electron chi connectivity index (χ3n) is 2.26. The second-order valence-corrected chi connectivity index (χ2v) is 4.78. The fourth-order valence-corrected chi connectivity index (χ4v) is 2.77. The van der Waals surface area contributed by atoms with Gasteiger partial charge in [0.25, 0.3) is 0 Å². The molecule has 1 atom stereocenters. The van der Waals surface area contributed by atoms with E-state index in [1.807, 2.05) is 17.8 Å². The maximum absolute atomic E-state index is 8.52. The number of thioether (sulfide) groups is 1. The Morgan fingerprint density at radius 2 is 2.07 bits per heavy atom. The molecule has 0 aliphatic carbocycles. The molecule has 80 valence electrons. The molecule has 15 heavy (non-hydrogen) atoms. The Morgan fingerprint density at radius 3 is 2.67 bits per heavy atom. The van der Waals surface area contributed by atoms with Crippen LogP contribution in [0.4, 0.5) is 0 Å². The van der Waals surface area contributed by atoms with Crippen LogP contribution >= 0.6 is 11.8 Å². The number of nitrogens with zero attached hydrogens (tertiary/aromatic N) is 1. The lowest BCUT2D eigenvalue weighted by Crippen LogP contribution is -1.94. The van der Waals surface area contributed by atoms with E-state index in [1.54, 1.807) is 0 Å². The summed E-state index contributed by atoms with van der Waals surface area (Å²) in [7, 11) is 0. The Hall–Kier alpha value is -0.940. The normalized spacial score (nSPS) is 12.0. The zero-order chi connectivity index (χ0) is 10.9. The van der Waals surface area contributed by atoms with Crippen LogP contribution in [0.3, 0.4) is 0 Å². The number of rotatable bonds is 6. The molecule has 0 aliphatic rings. The van der Waals surface area contributed by atoms with E-state index in [9.17, 15) is 0 Å². The molecule has 1 unspecified atom stereocenters. The van der Waals surface area contributed by atoms with E-state index < -0.39 is 0 Å². The van der Waals surface area contributed by atoms with Gasteiger partial charge in [-0.25, -0.2) is 0 Å². The van der Waals surface area contributed by atoms with Crippen LogP contribution < -0.4 is 0 Å². The summed E-state index contributed by atoms with van der Waals surface area (Å²) in [6, 6.07) is 12.8. The molecule has 0 saturated carbocycles. The van der Waals surface area contributed by atoms with Crippen molar-refractivity contribution in [2.45, 2.75) is 31.4 Å². The molecule has 0 saturated heterocycles. The summed E-state index contributed by atoms with van der Waals surface area (Å²) in [5.41, 5.74) is 1.39. The first-order chi connectivity index (χ1) is 7.38. The van der Waals surface area contributed by atoms with Crippen LogP contribution in [-0.4, -0.2) is 5.75 Å². The number of hydrogen-bond donors (Lipinski definition) is 0. The first kappa shape index (κ1) is 12.1. The van der Waals surface area contributed by atoms with Crippen molar-refractivity contribution >= 4 is 11.8 Å². The summed E-state index contributed by atoms with van der Waals surface area (Å²) in [6.07, 6.45) is 3.04. The summed E-state index contributed by atoms with van der Waals surface area (Å²) in [5.74, 6) is 0.941. The Balaban J connectivity index is 2.54. The summed E-state index contributed by atoms with van der Waals surface area (Å²) in [6.45, 7) is 2.21. The van der Waals surface area contributed by atoms with Crippen molar-refractivity contribution in [1.29, 1.82) is 5.26 Å². The van der Waals surface area contributed by atoms with E-state index in [4.69, 9.17) is 5.26 Å². The van der Waals surface area contributed by atoms with E-state index in [0.29, 0.717) is 11.7 Å². The molecule has 0 fully saturated rings. The average molecular weight is 219 g/mol. The molecule has 0 N–H and O–H groups in total. The van der Waals surface area contributed by atoms with Crippen molar-refractivity contribution in [1.82, 2.24) is 0 Å². The van der Waals surface area contributed by atoms with Gasteiger partial charge >= 0.3 is 0 Å². The summed E-state index contributed by atoms with van der Waals surface area (Å²) in [4.78, 5) is 0. The average Bonchev–Trinajstić information content (AvgIpc) is 2.29. The van der Waals surface area contributed by atoms with Crippen LogP contribution in [-0.2, 0) is 0 Å². The minimum absolute atomic E-state index is 0.560. The van der Waals surface area contributed by atoms with Gasteiger partial charge in [-0.1, -0.05) is 43.7 Å². The molecule has 0 aliphatic heterocycles. The fourth-order valence-electron chi connectivity index (χ4n) is 1.52. The lowest BCUT2D eigenvalue weighted by Gasteiger charge is -2.15. The fraction of sp³-hybridized carbons (Fsp3) is 0.462. The van der Waals surface area contributed by atoms with Crippen molar-refractivity contribution in [3.05, 3.63) is 35.9 Å².